The number of methoxy groups -OCH3 is 1. The Morgan fingerprint density at radius 1 is 1.04 bits per heavy atom. The third kappa shape index (κ3) is 7.32. The summed E-state index contributed by atoms with van der Waals surface area (Å²) < 4.78 is 5.13. The van der Waals surface area contributed by atoms with Gasteiger partial charge in [-0.3, -0.25) is 9.89 Å². The summed E-state index contributed by atoms with van der Waals surface area (Å²) in [6.45, 7) is 12.2. The van der Waals surface area contributed by atoms with Crippen LogP contribution in [0.1, 0.15) is 38.8 Å². The zero-order valence-electron chi connectivity index (χ0n) is 16.1. The number of aliphatic imine (C=N–C) groups is 1. The Balaban J connectivity index is 2.39. The standard InChI is InChI=1S/C19H34N4O/c1-15(2)23(16(3)4)12-11-21-19(20-5)22-13-17-7-9-18(10-8-17)14-24-6/h7-10,15-16H,11-14H2,1-6H3,(H2,20,21,22). The molecule has 1 aromatic rings. The summed E-state index contributed by atoms with van der Waals surface area (Å²) in [6, 6.07) is 9.53. The van der Waals surface area contributed by atoms with Crippen LogP contribution >= 0.6 is 0 Å². The highest BCUT2D eigenvalue weighted by Gasteiger charge is 2.12. The van der Waals surface area contributed by atoms with Crippen molar-refractivity contribution >= 4 is 5.96 Å². The third-order valence-corrected chi connectivity index (χ3v) is 4.01. The number of rotatable bonds is 9. The first-order valence-corrected chi connectivity index (χ1v) is 8.75. The fourth-order valence-corrected chi connectivity index (χ4v) is 2.74. The van der Waals surface area contributed by atoms with Crippen LogP contribution in [0.15, 0.2) is 29.3 Å². The molecule has 24 heavy (non-hydrogen) atoms. The van der Waals surface area contributed by atoms with Crippen molar-refractivity contribution in [2.45, 2.75) is 52.9 Å². The summed E-state index contributed by atoms with van der Waals surface area (Å²) in [7, 11) is 3.52. The molecule has 2 N–H and O–H groups in total. The normalized spacial score (nSPS) is 12.3. The lowest BCUT2D eigenvalue weighted by molar-refractivity contribution is 0.178. The number of guanidine groups is 1. The molecule has 0 saturated carbocycles. The predicted octanol–water partition coefficient (Wildman–Crippen LogP) is 2.62. The van der Waals surface area contributed by atoms with Gasteiger partial charge in [0.05, 0.1) is 6.61 Å². The number of hydrogen-bond donors (Lipinski definition) is 2. The lowest BCUT2D eigenvalue weighted by atomic mass is 10.1. The first kappa shape index (κ1) is 20.5. The predicted molar refractivity (Wildman–Crippen MR) is 102 cm³/mol. The minimum absolute atomic E-state index is 0.549. The van der Waals surface area contributed by atoms with Gasteiger partial charge in [0.1, 0.15) is 0 Å². The van der Waals surface area contributed by atoms with Gasteiger partial charge in [-0.15, -0.1) is 0 Å². The molecule has 5 nitrogen and oxygen atoms in total. The van der Waals surface area contributed by atoms with Gasteiger partial charge in [-0.2, -0.15) is 0 Å². The Labute approximate surface area is 147 Å². The van der Waals surface area contributed by atoms with Gasteiger partial charge < -0.3 is 15.4 Å². The van der Waals surface area contributed by atoms with E-state index in [0.29, 0.717) is 18.7 Å². The maximum atomic E-state index is 5.13. The Morgan fingerprint density at radius 2 is 1.62 bits per heavy atom. The smallest absolute Gasteiger partial charge is 0.191 e. The maximum absolute atomic E-state index is 5.13. The van der Waals surface area contributed by atoms with Gasteiger partial charge in [-0.05, 0) is 38.8 Å². The number of nitrogens with one attached hydrogen (secondary N) is 2. The Bertz CT molecular complexity index is 475. The van der Waals surface area contributed by atoms with Crippen molar-refractivity contribution in [1.82, 2.24) is 15.5 Å². The summed E-state index contributed by atoms with van der Waals surface area (Å²) in [5, 5.41) is 6.75. The van der Waals surface area contributed by atoms with Crippen molar-refractivity contribution in [3.63, 3.8) is 0 Å². The molecule has 0 heterocycles. The first-order valence-electron chi connectivity index (χ1n) is 8.75. The highest BCUT2D eigenvalue weighted by molar-refractivity contribution is 5.79. The molecule has 0 aliphatic rings. The largest absolute Gasteiger partial charge is 0.380 e. The maximum Gasteiger partial charge on any atom is 0.191 e. The fraction of sp³-hybridized carbons (Fsp3) is 0.632. The van der Waals surface area contributed by atoms with E-state index >= 15 is 0 Å². The van der Waals surface area contributed by atoms with Crippen LogP contribution in [0.2, 0.25) is 0 Å². The summed E-state index contributed by atoms with van der Waals surface area (Å²) in [4.78, 5) is 6.76. The molecule has 0 fully saturated rings. The fourth-order valence-electron chi connectivity index (χ4n) is 2.74. The molecular weight excluding hydrogens is 300 g/mol. The minimum Gasteiger partial charge on any atom is -0.380 e. The van der Waals surface area contributed by atoms with Crippen LogP contribution in [0.25, 0.3) is 0 Å². The summed E-state index contributed by atoms with van der Waals surface area (Å²) >= 11 is 0. The van der Waals surface area contributed by atoms with E-state index in [2.05, 4.69) is 72.5 Å². The van der Waals surface area contributed by atoms with E-state index in [1.54, 1.807) is 14.2 Å². The highest BCUT2D eigenvalue weighted by Crippen LogP contribution is 2.05. The second kappa shape index (κ2) is 11.0. The van der Waals surface area contributed by atoms with Crippen LogP contribution in [0.4, 0.5) is 0 Å². The third-order valence-electron chi connectivity index (χ3n) is 4.01. The van der Waals surface area contributed by atoms with Gasteiger partial charge in [0.15, 0.2) is 5.96 Å². The van der Waals surface area contributed by atoms with Crippen LogP contribution < -0.4 is 10.6 Å². The van der Waals surface area contributed by atoms with E-state index in [1.165, 1.54) is 11.1 Å². The van der Waals surface area contributed by atoms with E-state index in [-0.39, 0.29) is 0 Å². The van der Waals surface area contributed by atoms with E-state index in [9.17, 15) is 0 Å². The molecule has 0 bridgehead atoms. The average molecular weight is 335 g/mol. The van der Waals surface area contributed by atoms with Crippen molar-refractivity contribution in [1.29, 1.82) is 0 Å². The van der Waals surface area contributed by atoms with Crippen LogP contribution in [0.3, 0.4) is 0 Å². The molecule has 0 saturated heterocycles. The van der Waals surface area contributed by atoms with Gasteiger partial charge in [0.2, 0.25) is 0 Å². The van der Waals surface area contributed by atoms with Gasteiger partial charge in [0, 0.05) is 45.9 Å². The van der Waals surface area contributed by atoms with Crippen LogP contribution in [-0.2, 0) is 17.9 Å². The van der Waals surface area contributed by atoms with Crippen LogP contribution in [-0.4, -0.2) is 50.2 Å². The molecule has 1 rings (SSSR count). The molecule has 0 aromatic heterocycles. The quantitative estimate of drug-likeness (QED) is 0.538. The first-order chi connectivity index (χ1) is 11.5. The average Bonchev–Trinajstić information content (AvgIpc) is 2.55. The highest BCUT2D eigenvalue weighted by atomic mass is 16.5. The molecule has 136 valence electrons. The van der Waals surface area contributed by atoms with Crippen molar-refractivity contribution < 1.29 is 4.74 Å². The monoisotopic (exact) mass is 334 g/mol. The molecule has 0 aliphatic carbocycles. The van der Waals surface area contributed by atoms with Gasteiger partial charge >= 0.3 is 0 Å². The van der Waals surface area contributed by atoms with Crippen LogP contribution in [0.5, 0.6) is 0 Å². The van der Waals surface area contributed by atoms with Gasteiger partial charge in [-0.1, -0.05) is 24.3 Å². The van der Waals surface area contributed by atoms with E-state index in [1.807, 2.05) is 0 Å². The molecule has 0 unspecified atom stereocenters. The van der Waals surface area contributed by atoms with E-state index in [4.69, 9.17) is 4.74 Å². The second-order valence-corrected chi connectivity index (χ2v) is 6.53. The number of hydrogen-bond acceptors (Lipinski definition) is 3. The molecule has 0 amide bonds. The minimum atomic E-state index is 0.549. The Morgan fingerprint density at radius 3 is 2.12 bits per heavy atom. The SMILES string of the molecule is CN=C(NCCN(C(C)C)C(C)C)NCc1ccc(COC)cc1. The molecule has 0 atom stereocenters. The van der Waals surface area contributed by atoms with Crippen molar-refractivity contribution in [3.05, 3.63) is 35.4 Å². The van der Waals surface area contributed by atoms with E-state index in [0.717, 1.165) is 25.6 Å². The zero-order valence-corrected chi connectivity index (χ0v) is 16.1. The molecular formula is C19H34N4O. The van der Waals surface area contributed by atoms with Crippen molar-refractivity contribution in [2.75, 3.05) is 27.2 Å². The van der Waals surface area contributed by atoms with E-state index < -0.39 is 0 Å². The van der Waals surface area contributed by atoms with Crippen molar-refractivity contribution in [3.8, 4) is 0 Å². The molecule has 5 heteroatoms. The summed E-state index contributed by atoms with van der Waals surface area (Å²) in [5.41, 5.74) is 2.41. The second-order valence-electron chi connectivity index (χ2n) is 6.53. The lowest BCUT2D eigenvalue weighted by Crippen LogP contribution is -2.45. The molecule has 0 radical (unpaired) electrons. The Hall–Kier alpha value is -1.59. The lowest BCUT2D eigenvalue weighted by Gasteiger charge is -2.30. The molecule has 1 aromatic carbocycles. The number of benzene rings is 1. The molecule has 0 aliphatic heterocycles. The van der Waals surface area contributed by atoms with Crippen molar-refractivity contribution in [2.24, 2.45) is 4.99 Å². The summed E-state index contributed by atoms with van der Waals surface area (Å²) in [6.07, 6.45) is 0. The van der Waals surface area contributed by atoms with Gasteiger partial charge in [0.25, 0.3) is 0 Å². The number of ether oxygens (including phenoxy) is 1. The van der Waals surface area contributed by atoms with Gasteiger partial charge in [-0.25, -0.2) is 0 Å². The van der Waals surface area contributed by atoms with Crippen LogP contribution in [0, 0.1) is 0 Å². The Kier molecular flexibility index (Phi) is 9.42. The summed E-state index contributed by atoms with van der Waals surface area (Å²) in [5.74, 6) is 0.837. The topological polar surface area (TPSA) is 48.9 Å². The molecule has 0 spiro atoms. The number of nitrogens with zero attached hydrogens (tertiary/aromatic N) is 2. The zero-order chi connectivity index (χ0) is 17.9.